The highest BCUT2D eigenvalue weighted by Gasteiger charge is 2.28. The predicted molar refractivity (Wildman–Crippen MR) is 164 cm³/mol. The summed E-state index contributed by atoms with van der Waals surface area (Å²) in [5, 5.41) is -0.250. The maximum atomic E-state index is 11.6. The second-order valence-corrected chi connectivity index (χ2v) is 14.6. The van der Waals surface area contributed by atoms with E-state index in [1.165, 1.54) is 25.4 Å². The minimum Gasteiger partial charge on any atom is -0.748 e. The van der Waals surface area contributed by atoms with Crippen LogP contribution in [0.3, 0.4) is 0 Å². The largest absolute Gasteiger partial charge is 0.748 e. The van der Waals surface area contributed by atoms with Gasteiger partial charge in [0.15, 0.2) is 23.8 Å². The number of rotatable bonds is 13. The lowest BCUT2D eigenvalue weighted by Gasteiger charge is -2.22. The number of thiazole rings is 1. The van der Waals surface area contributed by atoms with E-state index in [0.29, 0.717) is 29.6 Å². The average molecular weight is 652 g/mol. The summed E-state index contributed by atoms with van der Waals surface area (Å²) < 4.78 is 88.6. The summed E-state index contributed by atoms with van der Waals surface area (Å²) in [4.78, 5) is 1.88. The Bertz CT molecular complexity index is 1780. The van der Waals surface area contributed by atoms with Crippen LogP contribution in [0.4, 0.5) is 5.69 Å². The van der Waals surface area contributed by atoms with Gasteiger partial charge in [0.05, 0.1) is 46.2 Å². The molecule has 11 nitrogen and oxygen atoms in total. The SMILES string of the molecule is CCC(/C=C1\Oc2ccc(C)cc2N1CCC(C)S(=O)(=O)[O-])=C\c1sc2cc(OC)c(OC)cc2[n+]1CCCS(=O)(=O)[O-]. The van der Waals surface area contributed by atoms with E-state index in [9.17, 15) is 25.9 Å². The van der Waals surface area contributed by atoms with Crippen LogP contribution in [0.5, 0.6) is 17.2 Å². The summed E-state index contributed by atoms with van der Waals surface area (Å²) in [6.45, 7) is 5.88. The van der Waals surface area contributed by atoms with E-state index in [1.54, 1.807) is 7.11 Å². The van der Waals surface area contributed by atoms with Gasteiger partial charge in [-0.2, -0.15) is 4.57 Å². The van der Waals surface area contributed by atoms with Crippen LogP contribution in [0.2, 0.25) is 0 Å². The maximum absolute atomic E-state index is 11.6. The van der Waals surface area contributed by atoms with E-state index in [0.717, 1.165) is 32.0 Å². The molecule has 1 atom stereocenters. The van der Waals surface area contributed by atoms with Crippen molar-refractivity contribution in [3.05, 3.63) is 58.4 Å². The molecular weight excluding hydrogens is 617 g/mol. The van der Waals surface area contributed by atoms with E-state index in [4.69, 9.17) is 14.2 Å². The molecule has 0 N–H and O–H groups in total. The second-order valence-electron chi connectivity index (χ2n) is 10.3. The Morgan fingerprint density at radius 2 is 1.81 bits per heavy atom. The fourth-order valence-corrected chi connectivity index (χ4v) is 6.79. The molecular formula is C29H35N2O9S3-. The molecule has 0 aliphatic carbocycles. The van der Waals surface area contributed by atoms with Crippen molar-refractivity contribution < 1.29 is 44.7 Å². The van der Waals surface area contributed by atoms with Gasteiger partial charge in [0.1, 0.15) is 4.70 Å². The molecule has 1 aromatic heterocycles. The van der Waals surface area contributed by atoms with E-state index in [-0.39, 0.29) is 25.9 Å². The van der Waals surface area contributed by atoms with E-state index >= 15 is 0 Å². The maximum Gasteiger partial charge on any atom is 0.263 e. The molecule has 1 aliphatic rings. The van der Waals surface area contributed by atoms with Crippen molar-refractivity contribution in [3.63, 3.8) is 0 Å². The summed E-state index contributed by atoms with van der Waals surface area (Å²) in [6.07, 6.45) is 4.71. The van der Waals surface area contributed by atoms with Gasteiger partial charge in [-0.25, -0.2) is 16.8 Å². The number of hydrogen-bond donors (Lipinski definition) is 0. The molecule has 234 valence electrons. The topological polar surface area (TPSA) is 149 Å². The van der Waals surface area contributed by atoms with Crippen molar-refractivity contribution in [3.8, 4) is 17.2 Å². The number of benzene rings is 2. The Morgan fingerprint density at radius 1 is 1.12 bits per heavy atom. The zero-order valence-corrected chi connectivity index (χ0v) is 27.1. The van der Waals surface area contributed by atoms with Gasteiger partial charge in [-0.05, 0) is 50.0 Å². The van der Waals surface area contributed by atoms with Crippen LogP contribution in [0, 0.1) is 6.92 Å². The Labute approximate surface area is 256 Å². The molecule has 0 saturated carbocycles. The molecule has 2 aromatic carbocycles. The lowest BCUT2D eigenvalue weighted by Crippen LogP contribution is -2.36. The van der Waals surface area contributed by atoms with Gasteiger partial charge in [-0.15, -0.1) is 0 Å². The number of methoxy groups -OCH3 is 2. The van der Waals surface area contributed by atoms with Crippen molar-refractivity contribution in [2.45, 2.75) is 51.8 Å². The first-order valence-corrected chi connectivity index (χ1v) is 17.6. The Kier molecular flexibility index (Phi) is 10.1. The zero-order chi connectivity index (χ0) is 31.5. The lowest BCUT2D eigenvalue weighted by atomic mass is 10.1. The zero-order valence-electron chi connectivity index (χ0n) is 24.7. The second kappa shape index (κ2) is 13.2. The van der Waals surface area contributed by atoms with Gasteiger partial charge in [0.25, 0.3) is 5.01 Å². The fourth-order valence-electron chi connectivity index (χ4n) is 4.73. The number of aromatic nitrogens is 1. The number of ether oxygens (including phenoxy) is 3. The van der Waals surface area contributed by atoms with Gasteiger partial charge in [-0.1, -0.05) is 24.3 Å². The van der Waals surface area contributed by atoms with Crippen molar-refractivity contribution in [1.29, 1.82) is 0 Å². The van der Waals surface area contributed by atoms with Crippen LogP contribution in [-0.2, 0) is 26.8 Å². The molecule has 0 bridgehead atoms. The minimum atomic E-state index is -4.44. The van der Waals surface area contributed by atoms with Crippen molar-refractivity contribution in [2.75, 3.05) is 31.4 Å². The average Bonchev–Trinajstić information content (AvgIpc) is 3.45. The van der Waals surface area contributed by atoms with Gasteiger partial charge in [0.2, 0.25) is 11.4 Å². The van der Waals surface area contributed by atoms with Crippen LogP contribution in [-0.4, -0.2) is 57.7 Å². The first kappa shape index (κ1) is 32.7. The highest BCUT2D eigenvalue weighted by atomic mass is 32.2. The third kappa shape index (κ3) is 7.87. The minimum absolute atomic E-state index is 0.119. The van der Waals surface area contributed by atoms with Crippen LogP contribution in [0.15, 0.2) is 47.9 Å². The Hall–Kier alpha value is -3.17. The Morgan fingerprint density at radius 3 is 2.44 bits per heavy atom. The summed E-state index contributed by atoms with van der Waals surface area (Å²) in [5.41, 5.74) is 3.47. The number of aryl methyl sites for hydroxylation is 2. The summed E-state index contributed by atoms with van der Waals surface area (Å²) in [6, 6.07) is 9.40. The smallest absolute Gasteiger partial charge is 0.263 e. The molecule has 0 radical (unpaired) electrons. The Balaban J connectivity index is 1.77. The highest BCUT2D eigenvalue weighted by Crippen LogP contribution is 2.41. The molecule has 3 aromatic rings. The summed E-state index contributed by atoms with van der Waals surface area (Å²) >= 11 is 1.48. The first-order valence-electron chi connectivity index (χ1n) is 13.7. The molecule has 0 spiro atoms. The van der Waals surface area contributed by atoms with Gasteiger partial charge < -0.3 is 28.2 Å². The van der Waals surface area contributed by atoms with Crippen LogP contribution in [0.25, 0.3) is 16.3 Å². The number of hydrogen-bond acceptors (Lipinski definition) is 11. The standard InChI is InChI=1S/C29H36N2O9S3/c1-6-21(15-28-30(12-10-20(3)43(35,36)37)22-14-19(2)8-9-24(22)40-28)16-29-31(11-7-13-42(32,33)34)23-17-25(38-4)26(39-5)18-27(23)41-29/h8-9,14-18,20H,6-7,10-13H2,1-5H3,(H-,32,33,34,35,36,37)/p-1. The molecule has 43 heavy (non-hydrogen) atoms. The molecule has 0 saturated heterocycles. The van der Waals surface area contributed by atoms with Crippen LogP contribution >= 0.6 is 11.3 Å². The van der Waals surface area contributed by atoms with Crippen molar-refractivity contribution in [2.24, 2.45) is 0 Å². The summed E-state index contributed by atoms with van der Waals surface area (Å²) in [5.74, 6) is 1.70. The number of fused-ring (bicyclic) bond motifs is 2. The predicted octanol–water partition coefficient (Wildman–Crippen LogP) is 4.31. The van der Waals surface area contributed by atoms with Gasteiger partial charge >= 0.3 is 0 Å². The molecule has 0 fully saturated rings. The molecule has 1 unspecified atom stereocenters. The molecule has 14 heteroatoms. The highest BCUT2D eigenvalue weighted by molar-refractivity contribution is 7.86. The van der Waals surface area contributed by atoms with Crippen molar-refractivity contribution >= 4 is 53.6 Å². The lowest BCUT2D eigenvalue weighted by molar-refractivity contribution is -0.668. The molecule has 1 aliphatic heterocycles. The van der Waals surface area contributed by atoms with E-state index in [2.05, 4.69) is 0 Å². The normalized spacial score (nSPS) is 15.6. The van der Waals surface area contributed by atoms with E-state index in [1.807, 2.05) is 65.8 Å². The third-order valence-corrected chi connectivity index (χ3v) is 10.3. The quantitative estimate of drug-likeness (QED) is 0.193. The molecule has 4 rings (SSSR count). The van der Waals surface area contributed by atoms with Gasteiger partial charge in [-0.3, -0.25) is 0 Å². The summed E-state index contributed by atoms with van der Waals surface area (Å²) in [7, 11) is -5.73. The van der Waals surface area contributed by atoms with E-state index < -0.39 is 31.2 Å². The van der Waals surface area contributed by atoms with Gasteiger partial charge in [0, 0.05) is 42.2 Å². The first-order chi connectivity index (χ1) is 20.2. The number of anilines is 1. The fraction of sp³-hybridized carbons (Fsp3) is 0.414. The van der Waals surface area contributed by atoms with Crippen LogP contribution < -0.4 is 23.7 Å². The van der Waals surface area contributed by atoms with Crippen molar-refractivity contribution in [1.82, 2.24) is 0 Å². The molecule has 2 heterocycles. The monoisotopic (exact) mass is 651 g/mol. The third-order valence-electron chi connectivity index (χ3n) is 7.18. The van der Waals surface area contributed by atoms with Crippen LogP contribution in [0.1, 0.15) is 43.7 Å². The number of allylic oxidation sites excluding steroid dienone is 2. The number of nitrogens with zero attached hydrogens (tertiary/aromatic N) is 2. The molecule has 0 amide bonds.